The molecule has 0 aromatic heterocycles. The number of nitrogens with one attached hydrogen (secondary N) is 1. The van der Waals surface area contributed by atoms with Gasteiger partial charge in [0.05, 0.1) is 0 Å². The van der Waals surface area contributed by atoms with E-state index in [0.29, 0.717) is 11.8 Å². The van der Waals surface area contributed by atoms with Gasteiger partial charge in [0.1, 0.15) is 5.75 Å². The van der Waals surface area contributed by atoms with Crippen LogP contribution in [0.5, 0.6) is 5.75 Å². The fourth-order valence-electron chi connectivity index (χ4n) is 3.36. The molecule has 5 heteroatoms. The number of carbonyl (C=O) groups excluding carboxylic acids is 1. The van der Waals surface area contributed by atoms with Crippen LogP contribution < -0.4 is 10.1 Å². The SMILES string of the molecule is CNCC1CCN(C(=O)C(C)Oc2cc(C)ccc2C(C)C)CC1.Cl. The highest BCUT2D eigenvalue weighted by Gasteiger charge is 2.27. The summed E-state index contributed by atoms with van der Waals surface area (Å²) in [6.07, 6.45) is 1.70. The first-order valence-electron chi connectivity index (χ1n) is 9.13. The zero-order chi connectivity index (χ0) is 17.7. The Balaban J connectivity index is 0.00000312. The van der Waals surface area contributed by atoms with Crippen LogP contribution in [0.25, 0.3) is 0 Å². The normalized spacial score (nSPS) is 16.5. The maximum Gasteiger partial charge on any atom is 0.263 e. The van der Waals surface area contributed by atoms with E-state index in [9.17, 15) is 4.79 Å². The van der Waals surface area contributed by atoms with Gasteiger partial charge in [-0.15, -0.1) is 12.4 Å². The van der Waals surface area contributed by atoms with Crippen LogP contribution in [0.2, 0.25) is 0 Å². The van der Waals surface area contributed by atoms with Gasteiger partial charge >= 0.3 is 0 Å². The maximum atomic E-state index is 12.7. The number of hydrogen-bond donors (Lipinski definition) is 1. The van der Waals surface area contributed by atoms with E-state index in [1.165, 1.54) is 0 Å². The predicted octanol–water partition coefficient (Wildman–Crippen LogP) is 3.77. The Kier molecular flexibility index (Phi) is 8.74. The van der Waals surface area contributed by atoms with Crippen molar-refractivity contribution in [2.45, 2.75) is 52.6 Å². The minimum atomic E-state index is -0.440. The average molecular weight is 369 g/mol. The monoisotopic (exact) mass is 368 g/mol. The van der Waals surface area contributed by atoms with Crippen molar-refractivity contribution in [2.24, 2.45) is 5.92 Å². The van der Waals surface area contributed by atoms with Crippen LogP contribution in [0, 0.1) is 12.8 Å². The van der Waals surface area contributed by atoms with E-state index < -0.39 is 6.10 Å². The maximum absolute atomic E-state index is 12.7. The zero-order valence-corrected chi connectivity index (χ0v) is 17.0. The molecule has 1 unspecified atom stereocenters. The molecule has 1 N–H and O–H groups in total. The fraction of sp³-hybridized carbons (Fsp3) is 0.650. The standard InChI is InChI=1S/C20H32N2O2.ClH/c1-14(2)18-7-6-15(3)12-19(18)24-16(4)20(23)22-10-8-17(9-11-22)13-21-5;/h6-7,12,14,16-17,21H,8-11,13H2,1-5H3;1H. The van der Waals surface area contributed by atoms with Gasteiger partial charge in [-0.1, -0.05) is 26.0 Å². The third-order valence-corrected chi connectivity index (χ3v) is 4.86. The molecule has 0 saturated carbocycles. The molecule has 0 spiro atoms. The molecule has 0 aliphatic carbocycles. The molecule has 1 amide bonds. The van der Waals surface area contributed by atoms with E-state index in [4.69, 9.17) is 4.74 Å². The summed E-state index contributed by atoms with van der Waals surface area (Å²) in [5, 5.41) is 3.23. The first-order chi connectivity index (χ1) is 11.4. The number of rotatable bonds is 6. The van der Waals surface area contributed by atoms with Crippen molar-refractivity contribution in [2.75, 3.05) is 26.7 Å². The number of nitrogens with zero attached hydrogens (tertiary/aromatic N) is 1. The van der Waals surface area contributed by atoms with Crippen molar-refractivity contribution in [3.8, 4) is 5.75 Å². The Morgan fingerprint density at radius 2 is 1.92 bits per heavy atom. The second-order valence-corrected chi connectivity index (χ2v) is 7.28. The molecule has 4 nitrogen and oxygen atoms in total. The van der Waals surface area contributed by atoms with E-state index in [2.05, 4.69) is 38.2 Å². The Labute approximate surface area is 158 Å². The molecule has 25 heavy (non-hydrogen) atoms. The van der Waals surface area contributed by atoms with Gasteiger partial charge in [-0.3, -0.25) is 4.79 Å². The highest BCUT2D eigenvalue weighted by molar-refractivity contribution is 5.85. The third kappa shape index (κ3) is 5.89. The van der Waals surface area contributed by atoms with Crippen molar-refractivity contribution in [1.82, 2.24) is 10.2 Å². The van der Waals surface area contributed by atoms with Gasteiger partial charge in [0.2, 0.25) is 0 Å². The van der Waals surface area contributed by atoms with Crippen LogP contribution in [0.1, 0.15) is 50.7 Å². The van der Waals surface area contributed by atoms with E-state index in [0.717, 1.165) is 49.4 Å². The summed E-state index contributed by atoms with van der Waals surface area (Å²) in [6, 6.07) is 6.25. The zero-order valence-electron chi connectivity index (χ0n) is 16.2. The van der Waals surface area contributed by atoms with Crippen LogP contribution in [-0.2, 0) is 4.79 Å². The van der Waals surface area contributed by atoms with Gasteiger partial charge in [0.25, 0.3) is 5.91 Å². The van der Waals surface area contributed by atoms with Crippen LogP contribution in [0.15, 0.2) is 18.2 Å². The van der Waals surface area contributed by atoms with Crippen LogP contribution in [0.4, 0.5) is 0 Å². The summed E-state index contributed by atoms with van der Waals surface area (Å²) < 4.78 is 6.07. The quantitative estimate of drug-likeness (QED) is 0.831. The summed E-state index contributed by atoms with van der Waals surface area (Å²) in [4.78, 5) is 14.7. The first-order valence-corrected chi connectivity index (χ1v) is 9.13. The number of halogens is 1. The van der Waals surface area contributed by atoms with Crippen molar-refractivity contribution < 1.29 is 9.53 Å². The molecule has 0 radical (unpaired) electrons. The molecule has 1 fully saturated rings. The largest absolute Gasteiger partial charge is 0.481 e. The van der Waals surface area contributed by atoms with E-state index in [1.54, 1.807) is 0 Å². The molecule has 1 atom stereocenters. The number of likely N-dealkylation sites (tertiary alicyclic amines) is 1. The number of benzene rings is 1. The van der Waals surface area contributed by atoms with Gasteiger partial charge in [-0.05, 0) is 69.3 Å². The number of hydrogen-bond acceptors (Lipinski definition) is 3. The summed E-state index contributed by atoms with van der Waals surface area (Å²) in [5.74, 6) is 2.00. The van der Waals surface area contributed by atoms with Gasteiger partial charge in [0, 0.05) is 13.1 Å². The lowest BCUT2D eigenvalue weighted by Gasteiger charge is -2.33. The summed E-state index contributed by atoms with van der Waals surface area (Å²) in [5.41, 5.74) is 2.31. The molecule has 1 aliphatic heterocycles. The lowest BCUT2D eigenvalue weighted by Crippen LogP contribution is -2.45. The average Bonchev–Trinajstić information content (AvgIpc) is 2.55. The Bertz CT molecular complexity index is 555. The van der Waals surface area contributed by atoms with Gasteiger partial charge < -0.3 is 15.0 Å². The first kappa shape index (κ1) is 21.8. The molecular formula is C20H33ClN2O2. The highest BCUT2D eigenvalue weighted by atomic mass is 35.5. The van der Waals surface area contributed by atoms with Crippen molar-refractivity contribution in [3.63, 3.8) is 0 Å². The van der Waals surface area contributed by atoms with E-state index in [1.807, 2.05) is 24.9 Å². The van der Waals surface area contributed by atoms with Crippen LogP contribution in [-0.4, -0.2) is 43.6 Å². The highest BCUT2D eigenvalue weighted by Crippen LogP contribution is 2.29. The van der Waals surface area contributed by atoms with Gasteiger partial charge in [0.15, 0.2) is 6.10 Å². The molecule has 142 valence electrons. The molecule has 1 aromatic rings. The molecule has 1 aliphatic rings. The summed E-state index contributed by atoms with van der Waals surface area (Å²) in [6.45, 7) is 10.9. The Hall–Kier alpha value is -1.26. The van der Waals surface area contributed by atoms with Crippen LogP contribution >= 0.6 is 12.4 Å². The van der Waals surface area contributed by atoms with E-state index in [-0.39, 0.29) is 18.3 Å². The van der Waals surface area contributed by atoms with Crippen molar-refractivity contribution >= 4 is 18.3 Å². The van der Waals surface area contributed by atoms with Crippen molar-refractivity contribution in [1.29, 1.82) is 0 Å². The Morgan fingerprint density at radius 1 is 1.28 bits per heavy atom. The molecular weight excluding hydrogens is 336 g/mol. The van der Waals surface area contributed by atoms with Gasteiger partial charge in [-0.25, -0.2) is 0 Å². The third-order valence-electron chi connectivity index (χ3n) is 4.86. The molecule has 1 saturated heterocycles. The molecule has 1 aromatic carbocycles. The summed E-state index contributed by atoms with van der Waals surface area (Å²) in [7, 11) is 1.99. The second-order valence-electron chi connectivity index (χ2n) is 7.28. The molecule has 0 bridgehead atoms. The number of ether oxygens (including phenoxy) is 1. The van der Waals surface area contributed by atoms with Crippen molar-refractivity contribution in [3.05, 3.63) is 29.3 Å². The lowest BCUT2D eigenvalue weighted by molar-refractivity contribution is -0.139. The number of carbonyl (C=O) groups is 1. The van der Waals surface area contributed by atoms with Gasteiger partial charge in [-0.2, -0.15) is 0 Å². The lowest BCUT2D eigenvalue weighted by atomic mass is 9.96. The molecule has 1 heterocycles. The minimum Gasteiger partial charge on any atom is -0.481 e. The topological polar surface area (TPSA) is 41.6 Å². The summed E-state index contributed by atoms with van der Waals surface area (Å²) >= 11 is 0. The predicted molar refractivity (Wildman–Crippen MR) is 106 cm³/mol. The number of amides is 1. The Morgan fingerprint density at radius 3 is 2.48 bits per heavy atom. The fourth-order valence-corrected chi connectivity index (χ4v) is 3.36. The second kappa shape index (κ2) is 10.0. The minimum absolute atomic E-state index is 0. The molecule has 2 rings (SSSR count). The number of aryl methyl sites for hydroxylation is 1. The van der Waals surface area contributed by atoms with E-state index >= 15 is 0 Å². The van der Waals surface area contributed by atoms with Crippen LogP contribution in [0.3, 0.4) is 0 Å². The number of piperidine rings is 1. The smallest absolute Gasteiger partial charge is 0.263 e.